The van der Waals surface area contributed by atoms with Crippen LogP contribution >= 0.6 is 0 Å². The summed E-state index contributed by atoms with van der Waals surface area (Å²) in [5, 5.41) is 19.1. The molecule has 4 rings (SSSR count). The molecule has 2 N–H and O–H groups in total. The van der Waals surface area contributed by atoms with Gasteiger partial charge in [0.1, 0.15) is 5.75 Å². The molecule has 7 heteroatoms. The normalized spacial score (nSPS) is 14.2. The maximum absolute atomic E-state index is 12.4. The second-order valence-corrected chi connectivity index (χ2v) is 6.62. The van der Waals surface area contributed by atoms with Crippen LogP contribution in [0.3, 0.4) is 0 Å². The van der Waals surface area contributed by atoms with Crippen LogP contribution in [0.2, 0.25) is 0 Å². The first-order chi connectivity index (χ1) is 13.0. The molecule has 1 saturated heterocycles. The van der Waals surface area contributed by atoms with Gasteiger partial charge in [-0.15, -0.1) is 10.2 Å². The minimum atomic E-state index is -0.117. The molecule has 0 spiro atoms. The predicted octanol–water partition coefficient (Wildman–Crippen LogP) is 2.64. The molecular weight excluding hydrogens is 344 g/mol. The van der Waals surface area contributed by atoms with E-state index in [1.807, 2.05) is 0 Å². The Morgan fingerprint density at radius 2 is 2.04 bits per heavy atom. The van der Waals surface area contributed by atoms with E-state index in [1.165, 1.54) is 13.0 Å². The van der Waals surface area contributed by atoms with Crippen LogP contribution in [-0.2, 0) is 4.79 Å². The first-order valence-corrected chi connectivity index (χ1v) is 8.59. The molecule has 0 unspecified atom stereocenters. The smallest absolute Gasteiger partial charge is 0.245 e. The number of Topliss-reactive ketones (excluding diaryl/α,β-unsaturated/α-hetero) is 1. The number of H-pyrrole nitrogens is 1. The van der Waals surface area contributed by atoms with Crippen LogP contribution < -0.4 is 0 Å². The summed E-state index contributed by atoms with van der Waals surface area (Å²) in [7, 11) is 0. The molecule has 1 amide bonds. The molecule has 0 radical (unpaired) electrons. The molecule has 136 valence electrons. The average Bonchev–Trinajstić information content (AvgIpc) is 2.98. The average molecular weight is 362 g/mol. The molecular formula is C20H18N4O3. The number of hydrogen-bond acceptors (Lipinski definition) is 5. The Labute approximate surface area is 155 Å². The number of nitrogens with one attached hydrogen (secondary N) is 1. The van der Waals surface area contributed by atoms with Gasteiger partial charge in [-0.3, -0.25) is 9.59 Å². The molecule has 0 bridgehead atoms. The number of phenolic OH excluding ortho intramolecular Hbond substituents is 1. The van der Waals surface area contributed by atoms with Gasteiger partial charge in [0, 0.05) is 41.2 Å². The van der Waals surface area contributed by atoms with E-state index in [0.717, 1.165) is 5.69 Å². The fourth-order valence-electron chi connectivity index (χ4n) is 3.49. The lowest BCUT2D eigenvalue weighted by molar-refractivity contribution is -0.130. The van der Waals surface area contributed by atoms with Crippen LogP contribution in [-0.4, -0.2) is 50.0 Å². The number of aromatic amines is 1. The Morgan fingerprint density at radius 1 is 1.30 bits per heavy atom. The summed E-state index contributed by atoms with van der Waals surface area (Å²) in [6.07, 6.45) is 1.29. The number of carbonyl (C=O) groups excluding carboxylic acids is 2. The van der Waals surface area contributed by atoms with Crippen molar-refractivity contribution in [2.75, 3.05) is 13.1 Å². The van der Waals surface area contributed by atoms with Gasteiger partial charge in [0.25, 0.3) is 0 Å². The number of phenols is 1. The summed E-state index contributed by atoms with van der Waals surface area (Å²) >= 11 is 0. The first kappa shape index (κ1) is 17.0. The fourth-order valence-corrected chi connectivity index (χ4v) is 3.49. The van der Waals surface area contributed by atoms with Crippen molar-refractivity contribution >= 4 is 22.7 Å². The molecule has 0 saturated carbocycles. The van der Waals surface area contributed by atoms with Gasteiger partial charge in [0.05, 0.1) is 5.69 Å². The number of likely N-dealkylation sites (tertiary alicyclic amines) is 1. The summed E-state index contributed by atoms with van der Waals surface area (Å²) in [6, 6.07) is 8.62. The molecule has 3 aromatic rings. The molecule has 0 atom stereocenters. The molecule has 1 aliphatic heterocycles. The Morgan fingerprint density at radius 3 is 2.70 bits per heavy atom. The zero-order valence-electron chi connectivity index (χ0n) is 14.8. The number of amides is 1. The number of hydrogen-bond donors (Lipinski definition) is 2. The Hall–Kier alpha value is -3.48. The lowest BCUT2D eigenvalue weighted by Gasteiger charge is -2.38. The van der Waals surface area contributed by atoms with Crippen molar-refractivity contribution in [2.24, 2.45) is 0 Å². The molecule has 1 fully saturated rings. The molecule has 1 aliphatic rings. The number of rotatable bonds is 4. The number of ketones is 1. The Kier molecular flexibility index (Phi) is 3.99. The van der Waals surface area contributed by atoms with E-state index in [0.29, 0.717) is 40.9 Å². The SMILES string of the molecule is C=CC(=O)N1CC(c2[nH]c3nnc(-c4ccccc4O)cc3c2C(C)=O)C1. The van der Waals surface area contributed by atoms with Gasteiger partial charge < -0.3 is 15.0 Å². The van der Waals surface area contributed by atoms with Gasteiger partial charge in [-0.2, -0.15) is 0 Å². The van der Waals surface area contributed by atoms with Crippen molar-refractivity contribution in [1.82, 2.24) is 20.1 Å². The van der Waals surface area contributed by atoms with Crippen LogP contribution in [0.1, 0.15) is 28.9 Å². The highest BCUT2D eigenvalue weighted by atomic mass is 16.3. The van der Waals surface area contributed by atoms with Gasteiger partial charge >= 0.3 is 0 Å². The molecule has 27 heavy (non-hydrogen) atoms. The van der Waals surface area contributed by atoms with E-state index in [4.69, 9.17) is 0 Å². The van der Waals surface area contributed by atoms with Crippen molar-refractivity contribution < 1.29 is 14.7 Å². The zero-order chi connectivity index (χ0) is 19.1. The second kappa shape index (κ2) is 6.35. The van der Waals surface area contributed by atoms with E-state index >= 15 is 0 Å². The first-order valence-electron chi connectivity index (χ1n) is 8.59. The molecule has 3 heterocycles. The van der Waals surface area contributed by atoms with Crippen LogP contribution in [0.4, 0.5) is 0 Å². The molecule has 1 aromatic carbocycles. The van der Waals surface area contributed by atoms with Gasteiger partial charge in [0.2, 0.25) is 5.91 Å². The van der Waals surface area contributed by atoms with Crippen LogP contribution in [0.15, 0.2) is 43.0 Å². The van der Waals surface area contributed by atoms with Crippen LogP contribution in [0, 0.1) is 0 Å². The summed E-state index contributed by atoms with van der Waals surface area (Å²) in [5.74, 6) is -0.0613. The standard InChI is InChI=1S/C20H18N4O3/c1-3-17(27)24-9-12(10-24)19-18(11(2)25)14-8-15(22-23-20(14)21-19)13-6-4-5-7-16(13)26/h3-8,12,26H,1,9-10H2,2H3,(H,21,23). The van der Waals surface area contributed by atoms with Crippen molar-refractivity contribution in [1.29, 1.82) is 0 Å². The maximum Gasteiger partial charge on any atom is 0.245 e. The Bertz CT molecular complexity index is 1080. The zero-order valence-corrected chi connectivity index (χ0v) is 14.8. The number of fused-ring (bicyclic) bond motifs is 1. The largest absolute Gasteiger partial charge is 0.507 e. The van der Waals surface area contributed by atoms with Gasteiger partial charge in [-0.05, 0) is 31.2 Å². The topological polar surface area (TPSA) is 99.2 Å². The number of aromatic hydroxyl groups is 1. The number of aromatic nitrogens is 3. The van der Waals surface area contributed by atoms with Crippen LogP contribution in [0.5, 0.6) is 5.75 Å². The van der Waals surface area contributed by atoms with Crippen molar-refractivity contribution in [3.8, 4) is 17.0 Å². The lowest BCUT2D eigenvalue weighted by Crippen LogP contribution is -2.48. The minimum absolute atomic E-state index is 0.0376. The summed E-state index contributed by atoms with van der Waals surface area (Å²) in [6.45, 7) is 6.06. The van der Waals surface area contributed by atoms with Crippen molar-refractivity contribution in [3.05, 3.63) is 54.2 Å². The minimum Gasteiger partial charge on any atom is -0.507 e. The number of nitrogens with zero attached hydrogens (tertiary/aromatic N) is 3. The van der Waals surface area contributed by atoms with E-state index < -0.39 is 0 Å². The van der Waals surface area contributed by atoms with E-state index in [-0.39, 0.29) is 23.4 Å². The highest BCUT2D eigenvalue weighted by molar-refractivity contribution is 6.08. The summed E-state index contributed by atoms with van der Waals surface area (Å²) in [4.78, 5) is 28.9. The quantitative estimate of drug-likeness (QED) is 0.549. The highest BCUT2D eigenvalue weighted by Gasteiger charge is 2.34. The number of carbonyl (C=O) groups is 2. The second-order valence-electron chi connectivity index (χ2n) is 6.62. The number of para-hydroxylation sites is 1. The summed E-state index contributed by atoms with van der Waals surface area (Å²) in [5.41, 5.74) is 2.89. The lowest BCUT2D eigenvalue weighted by atomic mass is 9.91. The van der Waals surface area contributed by atoms with Crippen molar-refractivity contribution in [3.63, 3.8) is 0 Å². The van der Waals surface area contributed by atoms with E-state index in [2.05, 4.69) is 21.8 Å². The van der Waals surface area contributed by atoms with Gasteiger partial charge in [-0.25, -0.2) is 0 Å². The molecule has 2 aromatic heterocycles. The van der Waals surface area contributed by atoms with Crippen molar-refractivity contribution in [2.45, 2.75) is 12.8 Å². The molecule has 7 nitrogen and oxygen atoms in total. The van der Waals surface area contributed by atoms with Gasteiger partial charge in [0.15, 0.2) is 11.4 Å². The highest BCUT2D eigenvalue weighted by Crippen LogP contribution is 2.35. The number of benzene rings is 1. The monoisotopic (exact) mass is 362 g/mol. The Balaban J connectivity index is 1.77. The van der Waals surface area contributed by atoms with Gasteiger partial charge in [-0.1, -0.05) is 18.7 Å². The predicted molar refractivity (Wildman–Crippen MR) is 101 cm³/mol. The summed E-state index contributed by atoms with van der Waals surface area (Å²) < 4.78 is 0. The fraction of sp³-hybridized carbons (Fsp3) is 0.200. The molecule has 0 aliphatic carbocycles. The van der Waals surface area contributed by atoms with Crippen LogP contribution in [0.25, 0.3) is 22.3 Å². The third kappa shape index (κ3) is 2.77. The third-order valence-electron chi connectivity index (χ3n) is 4.89. The van der Waals surface area contributed by atoms with E-state index in [1.54, 1.807) is 35.2 Å². The maximum atomic E-state index is 12.4. The van der Waals surface area contributed by atoms with E-state index in [9.17, 15) is 14.7 Å². The third-order valence-corrected chi connectivity index (χ3v) is 4.89.